The minimum absolute atomic E-state index is 0.0282. The lowest BCUT2D eigenvalue weighted by molar-refractivity contribution is -0.146. The zero-order valence-corrected chi connectivity index (χ0v) is 11.0. The molecule has 6 nitrogen and oxygen atoms in total. The summed E-state index contributed by atoms with van der Waals surface area (Å²) in [7, 11) is 0. The fraction of sp³-hybridized carbons (Fsp3) is 0.833. The minimum atomic E-state index is -1.41. The van der Waals surface area contributed by atoms with Crippen LogP contribution in [0.2, 0.25) is 0 Å². The maximum Gasteiger partial charge on any atom is 0.332 e. The predicted octanol–water partition coefficient (Wildman–Crippen LogP) is 0.654. The maximum atomic E-state index is 11.7. The number of aliphatic hydroxyl groups excluding tert-OH is 1. The zero-order valence-electron chi connectivity index (χ0n) is 11.0. The van der Waals surface area contributed by atoms with Crippen molar-refractivity contribution in [1.82, 2.24) is 10.2 Å². The molecule has 0 radical (unpaired) electrons. The summed E-state index contributed by atoms with van der Waals surface area (Å²) < 4.78 is 0. The van der Waals surface area contributed by atoms with E-state index in [1.165, 1.54) is 0 Å². The van der Waals surface area contributed by atoms with E-state index in [1.807, 2.05) is 0 Å². The van der Waals surface area contributed by atoms with Crippen LogP contribution in [0.5, 0.6) is 0 Å². The van der Waals surface area contributed by atoms with Gasteiger partial charge in [-0.3, -0.25) is 0 Å². The lowest BCUT2D eigenvalue weighted by Gasteiger charge is -2.36. The van der Waals surface area contributed by atoms with Gasteiger partial charge in [0.25, 0.3) is 0 Å². The van der Waals surface area contributed by atoms with E-state index in [-0.39, 0.29) is 24.4 Å². The normalized spacial score (nSPS) is 20.3. The Balaban J connectivity index is 2.24. The predicted molar refractivity (Wildman–Crippen MR) is 66.2 cm³/mol. The number of nitrogens with zero attached hydrogens (tertiary/aromatic N) is 1. The average Bonchev–Trinajstić information content (AvgIpc) is 2.28. The van der Waals surface area contributed by atoms with Crippen molar-refractivity contribution >= 4 is 12.0 Å². The highest BCUT2D eigenvalue weighted by Gasteiger charge is 2.27. The molecule has 0 saturated carbocycles. The number of carbonyl (C=O) groups is 2. The van der Waals surface area contributed by atoms with E-state index in [0.717, 1.165) is 25.9 Å². The lowest BCUT2D eigenvalue weighted by atomic mass is 9.83. The fourth-order valence-corrected chi connectivity index (χ4v) is 1.87. The van der Waals surface area contributed by atoms with Gasteiger partial charge in [-0.2, -0.15) is 0 Å². The summed E-state index contributed by atoms with van der Waals surface area (Å²) >= 11 is 0. The number of aliphatic hydroxyl groups is 1. The van der Waals surface area contributed by atoms with Gasteiger partial charge < -0.3 is 20.4 Å². The van der Waals surface area contributed by atoms with Gasteiger partial charge in [0.15, 0.2) is 6.10 Å². The third-order valence-electron chi connectivity index (χ3n) is 3.38. The highest BCUT2D eigenvalue weighted by Crippen LogP contribution is 2.29. The fourth-order valence-electron chi connectivity index (χ4n) is 1.87. The molecule has 2 amide bonds. The first-order chi connectivity index (χ1) is 8.32. The molecule has 18 heavy (non-hydrogen) atoms. The first kappa shape index (κ1) is 14.8. The molecule has 0 bridgehead atoms. The van der Waals surface area contributed by atoms with Gasteiger partial charge >= 0.3 is 12.0 Å². The molecule has 6 heteroatoms. The number of carboxylic acids is 1. The Bertz CT molecular complexity index is 307. The number of likely N-dealkylation sites (tertiary alicyclic amines) is 1. The summed E-state index contributed by atoms with van der Waals surface area (Å²) in [6, 6.07) is -0.178. The number of piperidine rings is 1. The summed E-state index contributed by atoms with van der Waals surface area (Å²) in [6.07, 6.45) is 0.558. The monoisotopic (exact) mass is 258 g/mol. The molecular weight excluding hydrogens is 236 g/mol. The molecular formula is C12H22N2O4. The van der Waals surface area contributed by atoms with Crippen LogP contribution >= 0.6 is 0 Å². The van der Waals surface area contributed by atoms with Crippen LogP contribution in [0.1, 0.15) is 33.1 Å². The van der Waals surface area contributed by atoms with E-state index in [4.69, 9.17) is 10.2 Å². The Hall–Kier alpha value is -1.30. The summed E-state index contributed by atoms with van der Waals surface area (Å²) in [6.45, 7) is 5.99. The molecule has 1 rings (SSSR count). The van der Waals surface area contributed by atoms with Gasteiger partial charge in [0.05, 0.1) is 0 Å². The molecule has 0 aromatic carbocycles. The van der Waals surface area contributed by atoms with Crippen molar-refractivity contribution in [2.45, 2.75) is 39.2 Å². The van der Waals surface area contributed by atoms with Gasteiger partial charge in [0, 0.05) is 26.1 Å². The number of hydrogen-bond donors (Lipinski definition) is 3. The standard InChI is InChI=1S/C12H22N2O4/c1-12(2)4-7-14(8-5-12)11(18)13-6-3-9(15)10(16)17/h9,15H,3-8H2,1-2H3,(H,13,18)(H,16,17)/t9-/m0/s1. The molecule has 0 unspecified atom stereocenters. The molecule has 1 aliphatic heterocycles. The largest absolute Gasteiger partial charge is 0.479 e. The Morgan fingerprint density at radius 1 is 1.33 bits per heavy atom. The smallest absolute Gasteiger partial charge is 0.332 e. The molecule has 0 aliphatic carbocycles. The number of carbonyl (C=O) groups excluding carboxylic acids is 1. The molecule has 1 heterocycles. The number of urea groups is 1. The highest BCUT2D eigenvalue weighted by molar-refractivity contribution is 5.74. The summed E-state index contributed by atoms with van der Waals surface area (Å²) in [5.41, 5.74) is 0.288. The Morgan fingerprint density at radius 3 is 2.39 bits per heavy atom. The minimum Gasteiger partial charge on any atom is -0.479 e. The first-order valence-electron chi connectivity index (χ1n) is 6.25. The quantitative estimate of drug-likeness (QED) is 0.690. The third-order valence-corrected chi connectivity index (χ3v) is 3.38. The van der Waals surface area contributed by atoms with Crippen molar-refractivity contribution in [1.29, 1.82) is 0 Å². The van der Waals surface area contributed by atoms with E-state index in [2.05, 4.69) is 19.2 Å². The number of hydrogen-bond acceptors (Lipinski definition) is 3. The van der Waals surface area contributed by atoms with Gasteiger partial charge in [-0.15, -0.1) is 0 Å². The topological polar surface area (TPSA) is 89.9 Å². The van der Waals surface area contributed by atoms with Gasteiger partial charge in [-0.1, -0.05) is 13.8 Å². The van der Waals surface area contributed by atoms with Crippen molar-refractivity contribution in [3.05, 3.63) is 0 Å². The van der Waals surface area contributed by atoms with E-state index in [0.29, 0.717) is 0 Å². The van der Waals surface area contributed by atoms with Crippen LogP contribution in [0.3, 0.4) is 0 Å². The molecule has 0 aromatic heterocycles. The third kappa shape index (κ3) is 4.52. The van der Waals surface area contributed by atoms with Crippen LogP contribution in [-0.4, -0.2) is 52.9 Å². The Kier molecular flexibility index (Phi) is 4.95. The van der Waals surface area contributed by atoms with Crippen molar-refractivity contribution in [2.75, 3.05) is 19.6 Å². The van der Waals surface area contributed by atoms with Gasteiger partial charge in [-0.05, 0) is 18.3 Å². The van der Waals surface area contributed by atoms with Crippen LogP contribution < -0.4 is 5.32 Å². The maximum absolute atomic E-state index is 11.7. The second-order valence-corrected chi connectivity index (χ2v) is 5.53. The Morgan fingerprint density at radius 2 is 1.89 bits per heavy atom. The summed E-state index contributed by atoms with van der Waals surface area (Å²) in [5.74, 6) is -1.26. The van der Waals surface area contributed by atoms with Crippen LogP contribution in [0, 0.1) is 5.41 Å². The van der Waals surface area contributed by atoms with Crippen molar-refractivity contribution in [2.24, 2.45) is 5.41 Å². The van der Waals surface area contributed by atoms with E-state index < -0.39 is 12.1 Å². The number of aliphatic carboxylic acids is 1. The molecule has 1 saturated heterocycles. The van der Waals surface area contributed by atoms with E-state index in [9.17, 15) is 9.59 Å². The first-order valence-corrected chi connectivity index (χ1v) is 6.25. The molecule has 1 fully saturated rings. The van der Waals surface area contributed by atoms with Crippen molar-refractivity contribution in [3.8, 4) is 0 Å². The second-order valence-electron chi connectivity index (χ2n) is 5.53. The molecule has 0 spiro atoms. The van der Waals surface area contributed by atoms with Crippen LogP contribution in [-0.2, 0) is 4.79 Å². The van der Waals surface area contributed by atoms with Crippen LogP contribution in [0.25, 0.3) is 0 Å². The van der Waals surface area contributed by atoms with E-state index in [1.54, 1.807) is 4.90 Å². The van der Waals surface area contributed by atoms with Crippen molar-refractivity contribution < 1.29 is 19.8 Å². The summed E-state index contributed by atoms with van der Waals surface area (Å²) in [5, 5.41) is 20.2. The van der Waals surface area contributed by atoms with Crippen LogP contribution in [0.15, 0.2) is 0 Å². The lowest BCUT2D eigenvalue weighted by Crippen LogP contribution is -2.46. The molecule has 104 valence electrons. The number of rotatable bonds is 4. The molecule has 3 N–H and O–H groups in total. The van der Waals surface area contributed by atoms with Gasteiger partial charge in [-0.25, -0.2) is 9.59 Å². The van der Waals surface area contributed by atoms with E-state index >= 15 is 0 Å². The molecule has 1 atom stereocenters. The Labute approximate surface area is 107 Å². The highest BCUT2D eigenvalue weighted by atomic mass is 16.4. The SMILES string of the molecule is CC1(C)CCN(C(=O)NCC[C@H](O)C(=O)O)CC1. The number of nitrogens with one attached hydrogen (secondary N) is 1. The van der Waals surface area contributed by atoms with Gasteiger partial charge in [0.2, 0.25) is 0 Å². The van der Waals surface area contributed by atoms with Crippen LogP contribution in [0.4, 0.5) is 4.79 Å². The molecule has 1 aliphatic rings. The molecule has 0 aromatic rings. The number of carboxylic acid groups (broad SMARTS) is 1. The zero-order chi connectivity index (χ0) is 13.8. The second kappa shape index (κ2) is 6.04. The number of amides is 2. The summed E-state index contributed by atoms with van der Waals surface area (Å²) in [4.78, 5) is 23.9. The van der Waals surface area contributed by atoms with Gasteiger partial charge in [0.1, 0.15) is 0 Å². The van der Waals surface area contributed by atoms with Crippen molar-refractivity contribution in [3.63, 3.8) is 0 Å². The average molecular weight is 258 g/mol.